The number of carbonyl (C=O) groups excluding carboxylic acids is 1. The molecular formula is C22H15ClO7. The second kappa shape index (κ2) is 8.04. The van der Waals surface area contributed by atoms with Crippen LogP contribution in [0.2, 0.25) is 5.02 Å². The number of fused-ring (bicyclic) bond motifs is 2. The predicted molar refractivity (Wildman–Crippen MR) is 111 cm³/mol. The molecule has 4 rings (SSSR count). The quantitative estimate of drug-likeness (QED) is 0.349. The average Bonchev–Trinajstić information content (AvgIpc) is 2.71. The van der Waals surface area contributed by atoms with Gasteiger partial charge in [0.05, 0.1) is 12.2 Å². The second-order valence-corrected chi connectivity index (χ2v) is 6.80. The minimum Gasteiger partial charge on any atom is -0.482 e. The van der Waals surface area contributed by atoms with Crippen molar-refractivity contribution in [1.82, 2.24) is 0 Å². The maximum Gasteiger partial charge on any atom is 0.344 e. The van der Waals surface area contributed by atoms with Gasteiger partial charge in [0.25, 0.3) is 0 Å². The molecule has 2 aromatic carbocycles. The molecule has 0 spiro atoms. The van der Waals surface area contributed by atoms with Gasteiger partial charge in [-0.1, -0.05) is 11.6 Å². The Balaban J connectivity index is 1.81. The van der Waals surface area contributed by atoms with Crippen LogP contribution in [-0.4, -0.2) is 19.2 Å². The number of hydrogen-bond acceptors (Lipinski definition) is 7. The summed E-state index contributed by atoms with van der Waals surface area (Å²) in [5.41, 5.74) is -0.110. The summed E-state index contributed by atoms with van der Waals surface area (Å²) in [6.07, 6.45) is 0. The first-order valence-electron chi connectivity index (χ1n) is 9.04. The highest BCUT2D eigenvalue weighted by Gasteiger charge is 2.15. The summed E-state index contributed by atoms with van der Waals surface area (Å²) >= 11 is 6.03. The van der Waals surface area contributed by atoms with Gasteiger partial charge in [0.2, 0.25) is 0 Å². The van der Waals surface area contributed by atoms with Crippen molar-refractivity contribution in [3.8, 4) is 16.9 Å². The first-order chi connectivity index (χ1) is 14.4. The number of carbonyl (C=O) groups is 1. The Labute approximate surface area is 174 Å². The molecule has 0 bridgehead atoms. The molecular weight excluding hydrogens is 412 g/mol. The molecule has 4 aromatic rings. The van der Waals surface area contributed by atoms with E-state index in [9.17, 15) is 14.4 Å². The van der Waals surface area contributed by atoms with Crippen molar-refractivity contribution in [3.63, 3.8) is 0 Å². The first kappa shape index (κ1) is 19.7. The lowest BCUT2D eigenvalue weighted by Crippen LogP contribution is -2.14. The highest BCUT2D eigenvalue weighted by molar-refractivity contribution is 6.31. The number of benzene rings is 2. The molecule has 0 fully saturated rings. The molecule has 0 aliphatic heterocycles. The van der Waals surface area contributed by atoms with E-state index in [2.05, 4.69) is 0 Å². The van der Waals surface area contributed by atoms with Gasteiger partial charge >= 0.3 is 17.2 Å². The van der Waals surface area contributed by atoms with Crippen LogP contribution in [0.15, 0.2) is 67.0 Å². The van der Waals surface area contributed by atoms with E-state index in [1.54, 1.807) is 43.3 Å². The second-order valence-electron chi connectivity index (χ2n) is 6.36. The zero-order chi connectivity index (χ0) is 21.3. The summed E-state index contributed by atoms with van der Waals surface area (Å²) in [5, 5.41) is 1.61. The van der Waals surface area contributed by atoms with Gasteiger partial charge in [-0.3, -0.25) is 0 Å². The van der Waals surface area contributed by atoms with Crippen molar-refractivity contribution in [2.75, 3.05) is 13.2 Å². The van der Waals surface area contributed by atoms with E-state index < -0.39 is 17.2 Å². The van der Waals surface area contributed by atoms with Crippen LogP contribution in [0.25, 0.3) is 33.1 Å². The molecule has 0 saturated heterocycles. The zero-order valence-electron chi connectivity index (χ0n) is 15.8. The number of esters is 1. The summed E-state index contributed by atoms with van der Waals surface area (Å²) < 4.78 is 20.8. The van der Waals surface area contributed by atoms with Crippen molar-refractivity contribution >= 4 is 39.5 Å². The van der Waals surface area contributed by atoms with Gasteiger partial charge in [0, 0.05) is 33.5 Å². The van der Waals surface area contributed by atoms with E-state index in [0.29, 0.717) is 32.7 Å². The van der Waals surface area contributed by atoms with E-state index >= 15 is 0 Å². The molecule has 0 N–H and O–H groups in total. The van der Waals surface area contributed by atoms with E-state index in [-0.39, 0.29) is 24.4 Å². The van der Waals surface area contributed by atoms with Crippen LogP contribution >= 0.6 is 11.6 Å². The fourth-order valence-electron chi connectivity index (χ4n) is 3.08. The molecule has 8 heteroatoms. The maximum atomic E-state index is 12.6. The molecule has 30 heavy (non-hydrogen) atoms. The lowest BCUT2D eigenvalue weighted by molar-refractivity contribution is -0.145. The van der Waals surface area contributed by atoms with Crippen LogP contribution in [0.1, 0.15) is 6.92 Å². The van der Waals surface area contributed by atoms with Gasteiger partial charge in [0.1, 0.15) is 16.9 Å². The highest BCUT2D eigenvalue weighted by Crippen LogP contribution is 2.30. The Hall–Kier alpha value is -3.58. The summed E-state index contributed by atoms with van der Waals surface area (Å²) in [5.74, 6) is -0.201. The molecule has 2 aromatic heterocycles. The largest absolute Gasteiger partial charge is 0.482 e. The highest BCUT2D eigenvalue weighted by atomic mass is 35.5. The normalized spacial score (nSPS) is 11.0. The van der Waals surface area contributed by atoms with Gasteiger partial charge in [-0.25, -0.2) is 14.4 Å². The SMILES string of the molecule is CCOC(=O)COc1ccc2c(-c3cc4cc(Cl)ccc4oc3=O)cc(=O)oc2c1. The van der Waals surface area contributed by atoms with Gasteiger partial charge < -0.3 is 18.3 Å². The number of halogens is 1. The van der Waals surface area contributed by atoms with E-state index in [1.165, 1.54) is 12.1 Å². The van der Waals surface area contributed by atoms with Crippen molar-refractivity contribution in [3.05, 3.63) is 74.4 Å². The fourth-order valence-corrected chi connectivity index (χ4v) is 3.26. The molecule has 0 unspecified atom stereocenters. The van der Waals surface area contributed by atoms with Gasteiger partial charge in [0.15, 0.2) is 6.61 Å². The third kappa shape index (κ3) is 3.92. The van der Waals surface area contributed by atoms with Crippen molar-refractivity contribution in [2.24, 2.45) is 0 Å². The summed E-state index contributed by atoms with van der Waals surface area (Å²) in [4.78, 5) is 36.2. The zero-order valence-corrected chi connectivity index (χ0v) is 16.5. The smallest absolute Gasteiger partial charge is 0.344 e. The maximum absolute atomic E-state index is 12.6. The minimum atomic E-state index is -0.648. The number of rotatable bonds is 5. The van der Waals surface area contributed by atoms with Gasteiger partial charge in [-0.2, -0.15) is 0 Å². The van der Waals surface area contributed by atoms with Crippen molar-refractivity contribution < 1.29 is 23.1 Å². The fraction of sp³-hybridized carbons (Fsp3) is 0.136. The van der Waals surface area contributed by atoms with Crippen LogP contribution in [0.5, 0.6) is 5.75 Å². The molecule has 0 atom stereocenters. The molecule has 0 aliphatic carbocycles. The number of ether oxygens (including phenoxy) is 2. The molecule has 0 aliphatic rings. The Kier molecular flexibility index (Phi) is 5.29. The Morgan fingerprint density at radius 2 is 1.80 bits per heavy atom. The Morgan fingerprint density at radius 1 is 0.967 bits per heavy atom. The minimum absolute atomic E-state index is 0.197. The van der Waals surface area contributed by atoms with Crippen LogP contribution in [0.3, 0.4) is 0 Å². The molecule has 0 radical (unpaired) electrons. The third-order valence-electron chi connectivity index (χ3n) is 4.36. The topological polar surface area (TPSA) is 96.0 Å². The third-order valence-corrected chi connectivity index (χ3v) is 4.60. The summed E-state index contributed by atoms with van der Waals surface area (Å²) in [6.45, 7) is 1.66. The number of hydrogen-bond donors (Lipinski definition) is 0. The van der Waals surface area contributed by atoms with E-state index in [4.69, 9.17) is 29.9 Å². The standard InChI is InChI=1S/C22H15ClO7/c1-2-27-21(25)11-28-14-4-5-15-16(10-20(24)29-19(15)9-14)17-8-12-7-13(23)3-6-18(12)30-22(17)26/h3-10H,2,11H2,1H3. The molecule has 2 heterocycles. The van der Waals surface area contributed by atoms with Crippen molar-refractivity contribution in [1.29, 1.82) is 0 Å². The van der Waals surface area contributed by atoms with Crippen LogP contribution < -0.4 is 16.0 Å². The lowest BCUT2D eigenvalue weighted by Gasteiger charge is -2.09. The van der Waals surface area contributed by atoms with E-state index in [0.717, 1.165) is 0 Å². The molecule has 0 amide bonds. The van der Waals surface area contributed by atoms with Crippen LogP contribution in [-0.2, 0) is 9.53 Å². The van der Waals surface area contributed by atoms with Crippen LogP contribution in [0.4, 0.5) is 0 Å². The van der Waals surface area contributed by atoms with Crippen molar-refractivity contribution in [2.45, 2.75) is 6.92 Å². The summed E-state index contributed by atoms with van der Waals surface area (Å²) in [7, 11) is 0. The molecule has 152 valence electrons. The molecule has 0 saturated carbocycles. The van der Waals surface area contributed by atoms with E-state index in [1.807, 2.05) is 0 Å². The predicted octanol–water partition coefficient (Wildman–Crippen LogP) is 4.16. The Morgan fingerprint density at radius 3 is 2.60 bits per heavy atom. The Bertz CT molecular complexity index is 1380. The average molecular weight is 427 g/mol. The summed E-state index contributed by atoms with van der Waals surface area (Å²) in [6, 6.07) is 12.4. The van der Waals surface area contributed by atoms with Gasteiger partial charge in [-0.15, -0.1) is 0 Å². The van der Waals surface area contributed by atoms with Crippen LogP contribution in [0, 0.1) is 0 Å². The molecule has 7 nitrogen and oxygen atoms in total. The lowest BCUT2D eigenvalue weighted by atomic mass is 10.0. The monoisotopic (exact) mass is 426 g/mol. The van der Waals surface area contributed by atoms with Gasteiger partial charge in [-0.05, 0) is 43.3 Å². The first-order valence-corrected chi connectivity index (χ1v) is 9.42.